The van der Waals surface area contributed by atoms with E-state index in [0.29, 0.717) is 18.2 Å². The van der Waals surface area contributed by atoms with E-state index in [-0.39, 0.29) is 5.91 Å². The largest absolute Gasteiger partial charge is 0.388 e. The molecule has 0 bridgehead atoms. The fraction of sp³-hybridized carbons (Fsp3) is 0.533. The summed E-state index contributed by atoms with van der Waals surface area (Å²) in [5.74, 6) is -0.00120. The van der Waals surface area contributed by atoms with E-state index in [0.717, 1.165) is 11.7 Å². The Hall–Kier alpha value is -1.55. The zero-order chi connectivity index (χ0) is 13.8. The van der Waals surface area contributed by atoms with Gasteiger partial charge in [0.2, 0.25) is 0 Å². The summed E-state index contributed by atoms with van der Waals surface area (Å²) < 4.78 is 0. The van der Waals surface area contributed by atoms with Crippen molar-refractivity contribution in [1.82, 2.24) is 10.2 Å². The van der Waals surface area contributed by atoms with Gasteiger partial charge in [0.25, 0.3) is 5.91 Å². The van der Waals surface area contributed by atoms with Crippen molar-refractivity contribution >= 4 is 11.6 Å². The fourth-order valence-electron chi connectivity index (χ4n) is 2.12. The summed E-state index contributed by atoms with van der Waals surface area (Å²) >= 11 is 0. The van der Waals surface area contributed by atoms with E-state index in [1.54, 1.807) is 0 Å². The first-order chi connectivity index (χ1) is 9.11. The van der Waals surface area contributed by atoms with Crippen molar-refractivity contribution in [3.05, 3.63) is 29.8 Å². The quantitative estimate of drug-likeness (QED) is 0.822. The summed E-state index contributed by atoms with van der Waals surface area (Å²) in [5, 5.41) is 6.04. The summed E-state index contributed by atoms with van der Waals surface area (Å²) in [6.45, 7) is 2.85. The summed E-state index contributed by atoms with van der Waals surface area (Å²) in [5.41, 5.74) is 1.72. The number of hydrogen-bond acceptors (Lipinski definition) is 3. The second kappa shape index (κ2) is 6.06. The van der Waals surface area contributed by atoms with Crippen LogP contribution in [-0.2, 0) is 0 Å². The smallest absolute Gasteiger partial charge is 0.251 e. The molecule has 1 aromatic carbocycles. The maximum atomic E-state index is 12.0. The van der Waals surface area contributed by atoms with Crippen LogP contribution in [0.2, 0.25) is 0 Å². The predicted molar refractivity (Wildman–Crippen MR) is 78.6 cm³/mol. The highest BCUT2D eigenvalue weighted by atomic mass is 16.1. The van der Waals surface area contributed by atoms with Gasteiger partial charge in [-0.1, -0.05) is 0 Å². The maximum Gasteiger partial charge on any atom is 0.251 e. The lowest BCUT2D eigenvalue weighted by atomic mass is 10.2. The third-order valence-corrected chi connectivity index (χ3v) is 3.81. The molecule has 0 aliphatic heterocycles. The van der Waals surface area contributed by atoms with Crippen molar-refractivity contribution in [3.8, 4) is 0 Å². The Kier molecular flexibility index (Phi) is 4.43. The number of nitrogens with one attached hydrogen (secondary N) is 2. The van der Waals surface area contributed by atoms with Crippen LogP contribution in [0, 0.1) is 0 Å². The van der Waals surface area contributed by atoms with Crippen LogP contribution < -0.4 is 10.6 Å². The van der Waals surface area contributed by atoms with Gasteiger partial charge in [0.1, 0.15) is 0 Å². The Morgan fingerprint density at radius 3 is 2.53 bits per heavy atom. The number of rotatable bonds is 6. The lowest BCUT2D eigenvalue weighted by Gasteiger charge is -2.24. The number of anilines is 1. The minimum absolute atomic E-state index is 0.00120. The van der Waals surface area contributed by atoms with Crippen LogP contribution in [-0.4, -0.2) is 43.5 Å². The van der Waals surface area contributed by atoms with E-state index in [2.05, 4.69) is 29.5 Å². The molecule has 1 unspecified atom stereocenters. The van der Waals surface area contributed by atoms with Crippen LogP contribution >= 0.6 is 0 Å². The van der Waals surface area contributed by atoms with Crippen molar-refractivity contribution in [3.63, 3.8) is 0 Å². The van der Waals surface area contributed by atoms with Gasteiger partial charge in [0, 0.05) is 36.9 Å². The monoisotopic (exact) mass is 261 g/mol. The second-order valence-electron chi connectivity index (χ2n) is 5.28. The summed E-state index contributed by atoms with van der Waals surface area (Å²) in [6.07, 6.45) is 2.58. The van der Waals surface area contributed by atoms with E-state index in [1.165, 1.54) is 12.8 Å². The van der Waals surface area contributed by atoms with E-state index < -0.39 is 0 Å². The Morgan fingerprint density at radius 1 is 1.37 bits per heavy atom. The van der Waals surface area contributed by atoms with Gasteiger partial charge < -0.3 is 10.6 Å². The highest BCUT2D eigenvalue weighted by molar-refractivity contribution is 5.94. The molecule has 2 rings (SSSR count). The molecular weight excluding hydrogens is 238 g/mol. The minimum atomic E-state index is -0.00120. The summed E-state index contributed by atoms with van der Waals surface area (Å²) in [4.78, 5) is 14.4. The molecule has 1 aromatic rings. The van der Waals surface area contributed by atoms with Gasteiger partial charge in [-0.3, -0.25) is 9.69 Å². The molecule has 0 aromatic heterocycles. The number of hydrogen-bond donors (Lipinski definition) is 2. The van der Waals surface area contributed by atoms with Gasteiger partial charge in [-0.2, -0.15) is 0 Å². The number of nitrogens with zero attached hydrogens (tertiary/aromatic N) is 1. The Labute approximate surface area is 115 Å². The standard InChI is InChI=1S/C15H23N3O/c1-11(18(3)14-8-9-14)10-17-15(19)12-4-6-13(16-2)7-5-12/h4-7,11,14,16H,8-10H2,1-3H3,(H,17,19). The van der Waals surface area contributed by atoms with Gasteiger partial charge in [-0.15, -0.1) is 0 Å². The maximum absolute atomic E-state index is 12.0. The minimum Gasteiger partial charge on any atom is -0.388 e. The van der Waals surface area contributed by atoms with Crippen molar-refractivity contribution in [2.24, 2.45) is 0 Å². The molecule has 1 aliphatic rings. The summed E-state index contributed by atoms with van der Waals surface area (Å²) in [7, 11) is 4.00. The zero-order valence-electron chi connectivity index (χ0n) is 11.9. The van der Waals surface area contributed by atoms with E-state index in [9.17, 15) is 4.79 Å². The van der Waals surface area contributed by atoms with Gasteiger partial charge in [-0.05, 0) is 51.1 Å². The molecule has 0 radical (unpaired) electrons. The van der Waals surface area contributed by atoms with Crippen molar-refractivity contribution in [2.45, 2.75) is 31.8 Å². The Bertz CT molecular complexity index is 426. The lowest BCUT2D eigenvalue weighted by molar-refractivity contribution is 0.0939. The van der Waals surface area contributed by atoms with Crippen molar-refractivity contribution in [2.75, 3.05) is 26.0 Å². The molecule has 1 amide bonds. The molecule has 1 atom stereocenters. The van der Waals surface area contributed by atoms with Crippen LogP contribution in [0.15, 0.2) is 24.3 Å². The summed E-state index contributed by atoms with van der Waals surface area (Å²) in [6, 6.07) is 8.62. The molecule has 0 spiro atoms. The molecule has 4 heteroatoms. The SMILES string of the molecule is CNc1ccc(C(=O)NCC(C)N(C)C2CC2)cc1. The lowest BCUT2D eigenvalue weighted by Crippen LogP contribution is -2.41. The first-order valence-corrected chi connectivity index (χ1v) is 6.89. The van der Waals surface area contributed by atoms with Crippen molar-refractivity contribution < 1.29 is 4.79 Å². The average Bonchev–Trinajstić information content (AvgIpc) is 3.28. The number of likely N-dealkylation sites (N-methyl/N-ethyl adjacent to an activating group) is 1. The van der Waals surface area contributed by atoms with Gasteiger partial charge >= 0.3 is 0 Å². The molecule has 1 saturated carbocycles. The van der Waals surface area contributed by atoms with E-state index in [1.807, 2.05) is 31.3 Å². The van der Waals surface area contributed by atoms with Crippen LogP contribution in [0.3, 0.4) is 0 Å². The fourth-order valence-corrected chi connectivity index (χ4v) is 2.12. The van der Waals surface area contributed by atoms with Gasteiger partial charge in [0.05, 0.1) is 0 Å². The number of amides is 1. The molecule has 1 fully saturated rings. The van der Waals surface area contributed by atoms with Crippen LogP contribution in [0.25, 0.3) is 0 Å². The van der Waals surface area contributed by atoms with Crippen LogP contribution in [0.1, 0.15) is 30.1 Å². The van der Waals surface area contributed by atoms with Gasteiger partial charge in [0.15, 0.2) is 0 Å². The third-order valence-electron chi connectivity index (χ3n) is 3.81. The highest BCUT2D eigenvalue weighted by Crippen LogP contribution is 2.26. The Balaban J connectivity index is 1.82. The second-order valence-corrected chi connectivity index (χ2v) is 5.28. The van der Waals surface area contributed by atoms with E-state index >= 15 is 0 Å². The molecule has 0 heterocycles. The predicted octanol–water partition coefficient (Wildman–Crippen LogP) is 1.94. The number of benzene rings is 1. The van der Waals surface area contributed by atoms with Gasteiger partial charge in [-0.25, -0.2) is 0 Å². The molecule has 0 saturated heterocycles. The number of carbonyl (C=O) groups is 1. The topological polar surface area (TPSA) is 44.4 Å². The molecule has 19 heavy (non-hydrogen) atoms. The molecule has 4 nitrogen and oxygen atoms in total. The average molecular weight is 261 g/mol. The molecule has 2 N–H and O–H groups in total. The molecule has 1 aliphatic carbocycles. The van der Waals surface area contributed by atoms with Crippen LogP contribution in [0.4, 0.5) is 5.69 Å². The van der Waals surface area contributed by atoms with Crippen LogP contribution in [0.5, 0.6) is 0 Å². The molecular formula is C15H23N3O. The van der Waals surface area contributed by atoms with Crippen molar-refractivity contribution in [1.29, 1.82) is 0 Å². The Morgan fingerprint density at radius 2 is 2.00 bits per heavy atom. The third kappa shape index (κ3) is 3.70. The van der Waals surface area contributed by atoms with E-state index in [4.69, 9.17) is 0 Å². The first kappa shape index (κ1) is 13.9. The number of carbonyl (C=O) groups excluding carboxylic acids is 1. The normalized spacial score (nSPS) is 16.2. The molecule has 104 valence electrons. The highest BCUT2D eigenvalue weighted by Gasteiger charge is 2.29. The zero-order valence-corrected chi connectivity index (χ0v) is 11.9. The first-order valence-electron chi connectivity index (χ1n) is 6.89.